The number of halogens is 3. The fourth-order valence-corrected chi connectivity index (χ4v) is 3.42. The monoisotopic (exact) mass is 387 g/mol. The fourth-order valence-electron chi connectivity index (χ4n) is 2.31. The lowest BCUT2D eigenvalue weighted by Crippen LogP contribution is -2.35. The van der Waals surface area contributed by atoms with Gasteiger partial charge in [-0.2, -0.15) is 0 Å². The van der Waals surface area contributed by atoms with Gasteiger partial charge in [0.2, 0.25) is 5.91 Å². The minimum absolute atomic E-state index is 0.00718. The summed E-state index contributed by atoms with van der Waals surface area (Å²) in [5.41, 5.74) is 0.383. The van der Waals surface area contributed by atoms with Crippen LogP contribution < -0.4 is 0 Å². The molecule has 25 heavy (non-hydrogen) atoms. The molecule has 0 aliphatic rings. The third-order valence-corrected chi connectivity index (χ3v) is 5.07. The van der Waals surface area contributed by atoms with Gasteiger partial charge < -0.3 is 10.0 Å². The summed E-state index contributed by atoms with van der Waals surface area (Å²) in [6.45, 7) is 1.66. The number of hydrogen-bond acceptors (Lipinski definition) is 3. The number of carboxylic acid groups (broad SMARTS) is 1. The Hall–Kier alpha value is -1.99. The van der Waals surface area contributed by atoms with Crippen LogP contribution in [0.2, 0.25) is 4.34 Å². The van der Waals surface area contributed by atoms with Gasteiger partial charge in [0, 0.05) is 18.0 Å². The quantitative estimate of drug-likeness (QED) is 0.771. The van der Waals surface area contributed by atoms with Gasteiger partial charge >= 0.3 is 5.97 Å². The standard InChI is InChI=1S/C17H16ClF2NO3S/c1-10(14-4-5-15(18)25-14)17(24)21(7-6-16(22)23)9-11-2-3-12(19)13(20)8-11/h2-5,8,10H,6-7,9H2,1H3,(H,22,23). The molecule has 0 saturated carbocycles. The van der Waals surface area contributed by atoms with Crippen molar-refractivity contribution in [2.24, 2.45) is 0 Å². The molecule has 4 nitrogen and oxygen atoms in total. The van der Waals surface area contributed by atoms with E-state index in [0.717, 1.165) is 17.0 Å². The van der Waals surface area contributed by atoms with Gasteiger partial charge in [0.25, 0.3) is 0 Å². The maximum absolute atomic E-state index is 13.4. The van der Waals surface area contributed by atoms with Crippen LogP contribution in [0, 0.1) is 11.6 Å². The summed E-state index contributed by atoms with van der Waals surface area (Å²) in [5.74, 6) is -3.86. The van der Waals surface area contributed by atoms with Crippen molar-refractivity contribution in [1.82, 2.24) is 4.90 Å². The largest absolute Gasteiger partial charge is 0.481 e. The van der Waals surface area contributed by atoms with Crippen molar-refractivity contribution >= 4 is 34.8 Å². The second-order valence-electron chi connectivity index (χ2n) is 5.52. The van der Waals surface area contributed by atoms with Crippen LogP contribution in [0.1, 0.15) is 29.7 Å². The van der Waals surface area contributed by atoms with Gasteiger partial charge in [0.15, 0.2) is 11.6 Å². The summed E-state index contributed by atoms with van der Waals surface area (Å²) in [4.78, 5) is 25.7. The summed E-state index contributed by atoms with van der Waals surface area (Å²) < 4.78 is 27.0. The molecule has 0 saturated heterocycles. The van der Waals surface area contributed by atoms with Gasteiger partial charge in [0.05, 0.1) is 16.7 Å². The number of carbonyl (C=O) groups excluding carboxylic acids is 1. The lowest BCUT2D eigenvalue weighted by Gasteiger charge is -2.25. The zero-order chi connectivity index (χ0) is 18.6. The van der Waals surface area contributed by atoms with Gasteiger partial charge in [-0.15, -0.1) is 11.3 Å². The second kappa shape index (κ2) is 8.40. The lowest BCUT2D eigenvalue weighted by molar-refractivity contribution is -0.139. The first-order valence-electron chi connectivity index (χ1n) is 7.47. The number of hydrogen-bond donors (Lipinski definition) is 1. The molecule has 0 bridgehead atoms. The SMILES string of the molecule is CC(C(=O)N(CCC(=O)O)Cc1ccc(F)c(F)c1)c1ccc(Cl)s1. The first-order valence-corrected chi connectivity index (χ1v) is 8.67. The Bertz CT molecular complexity index is 781. The average molecular weight is 388 g/mol. The number of carbonyl (C=O) groups is 2. The third-order valence-electron chi connectivity index (χ3n) is 3.66. The second-order valence-corrected chi connectivity index (χ2v) is 7.26. The van der Waals surface area contributed by atoms with Crippen molar-refractivity contribution in [3.8, 4) is 0 Å². The Morgan fingerprint density at radius 3 is 2.52 bits per heavy atom. The van der Waals surface area contributed by atoms with Crippen molar-refractivity contribution in [3.63, 3.8) is 0 Å². The molecular formula is C17H16ClF2NO3S. The Balaban J connectivity index is 2.19. The van der Waals surface area contributed by atoms with E-state index in [0.29, 0.717) is 9.90 Å². The van der Waals surface area contributed by atoms with E-state index in [1.54, 1.807) is 19.1 Å². The van der Waals surface area contributed by atoms with E-state index < -0.39 is 23.5 Å². The molecule has 2 aromatic rings. The van der Waals surface area contributed by atoms with Gasteiger partial charge in [0.1, 0.15) is 0 Å². The van der Waals surface area contributed by atoms with Crippen LogP contribution >= 0.6 is 22.9 Å². The number of aliphatic carboxylic acids is 1. The molecule has 1 aromatic heterocycles. The Labute approximate surface area is 152 Å². The van der Waals surface area contributed by atoms with Crippen molar-refractivity contribution in [2.75, 3.05) is 6.54 Å². The number of rotatable bonds is 7. The van der Waals surface area contributed by atoms with E-state index in [9.17, 15) is 18.4 Å². The highest BCUT2D eigenvalue weighted by molar-refractivity contribution is 7.16. The predicted octanol–water partition coefficient (Wildman–Crippen LogP) is 4.29. The van der Waals surface area contributed by atoms with Gasteiger partial charge in [-0.1, -0.05) is 17.7 Å². The summed E-state index contributed by atoms with van der Waals surface area (Å²) >= 11 is 7.16. The van der Waals surface area contributed by atoms with Crippen LogP contribution in [0.3, 0.4) is 0 Å². The predicted molar refractivity (Wildman–Crippen MR) is 91.8 cm³/mol. The van der Waals surface area contributed by atoms with Crippen LogP contribution in [0.25, 0.3) is 0 Å². The van der Waals surface area contributed by atoms with E-state index in [1.807, 2.05) is 0 Å². The molecule has 134 valence electrons. The Kier molecular flexibility index (Phi) is 6.50. The highest BCUT2D eigenvalue weighted by atomic mass is 35.5. The van der Waals surface area contributed by atoms with Gasteiger partial charge in [-0.05, 0) is 36.8 Å². The minimum atomic E-state index is -1.05. The summed E-state index contributed by atoms with van der Waals surface area (Å²) in [6.07, 6.45) is -0.243. The van der Waals surface area contributed by atoms with Crippen LogP contribution in [0.15, 0.2) is 30.3 Å². The fraction of sp³-hybridized carbons (Fsp3) is 0.294. The van der Waals surface area contributed by atoms with Crippen LogP contribution in [-0.4, -0.2) is 28.4 Å². The molecule has 1 atom stereocenters. The van der Waals surface area contributed by atoms with E-state index in [2.05, 4.69) is 0 Å². The van der Waals surface area contributed by atoms with Crippen LogP contribution in [0.5, 0.6) is 0 Å². The normalized spacial score (nSPS) is 12.0. The van der Waals surface area contributed by atoms with Crippen molar-refractivity contribution in [3.05, 3.63) is 56.7 Å². The molecule has 8 heteroatoms. The minimum Gasteiger partial charge on any atom is -0.481 e. The van der Waals surface area contributed by atoms with Crippen molar-refractivity contribution in [2.45, 2.75) is 25.8 Å². The van der Waals surface area contributed by atoms with E-state index in [4.69, 9.17) is 16.7 Å². The van der Waals surface area contributed by atoms with E-state index >= 15 is 0 Å². The molecule has 1 N–H and O–H groups in total. The van der Waals surface area contributed by atoms with Crippen LogP contribution in [-0.2, 0) is 16.1 Å². The topological polar surface area (TPSA) is 57.6 Å². The highest BCUT2D eigenvalue weighted by Gasteiger charge is 2.24. The Morgan fingerprint density at radius 1 is 1.24 bits per heavy atom. The molecular weight excluding hydrogens is 372 g/mol. The molecule has 0 aliphatic heterocycles. The molecule has 1 unspecified atom stereocenters. The van der Waals surface area contributed by atoms with Gasteiger partial charge in [-0.25, -0.2) is 8.78 Å². The third kappa shape index (κ3) is 5.24. The molecule has 1 heterocycles. The van der Waals surface area contributed by atoms with E-state index in [-0.39, 0.29) is 25.4 Å². The smallest absolute Gasteiger partial charge is 0.305 e. The zero-order valence-electron chi connectivity index (χ0n) is 13.3. The van der Waals surface area contributed by atoms with Crippen molar-refractivity contribution < 1.29 is 23.5 Å². The molecule has 0 fully saturated rings. The first-order chi connectivity index (χ1) is 11.8. The maximum Gasteiger partial charge on any atom is 0.305 e. The highest BCUT2D eigenvalue weighted by Crippen LogP contribution is 2.29. The molecule has 0 aliphatic carbocycles. The van der Waals surface area contributed by atoms with E-state index in [1.165, 1.54) is 22.3 Å². The zero-order valence-corrected chi connectivity index (χ0v) is 14.9. The summed E-state index contributed by atoms with van der Waals surface area (Å²) in [6, 6.07) is 6.77. The summed E-state index contributed by atoms with van der Waals surface area (Å²) in [5, 5.41) is 8.89. The van der Waals surface area contributed by atoms with Gasteiger partial charge in [-0.3, -0.25) is 9.59 Å². The summed E-state index contributed by atoms with van der Waals surface area (Å²) in [7, 11) is 0. The number of nitrogens with zero attached hydrogens (tertiary/aromatic N) is 1. The van der Waals surface area contributed by atoms with Crippen LogP contribution in [0.4, 0.5) is 8.78 Å². The molecule has 0 spiro atoms. The lowest BCUT2D eigenvalue weighted by atomic mass is 10.1. The number of benzene rings is 1. The average Bonchev–Trinajstić information content (AvgIpc) is 2.99. The molecule has 0 radical (unpaired) electrons. The number of carboxylic acids is 1. The molecule has 2 rings (SSSR count). The maximum atomic E-state index is 13.4. The Morgan fingerprint density at radius 2 is 1.96 bits per heavy atom. The number of thiophene rings is 1. The first kappa shape index (κ1) is 19.3. The number of amides is 1. The molecule has 1 aromatic carbocycles. The van der Waals surface area contributed by atoms with Crippen molar-refractivity contribution in [1.29, 1.82) is 0 Å². The molecule has 1 amide bonds.